The molecule has 1 unspecified atom stereocenters. The van der Waals surface area contributed by atoms with Crippen LogP contribution < -0.4 is 31.1 Å². The van der Waals surface area contributed by atoms with Crippen LogP contribution in [0.5, 0.6) is 11.5 Å². The van der Waals surface area contributed by atoms with E-state index >= 15 is 0 Å². The van der Waals surface area contributed by atoms with Gasteiger partial charge in [0.15, 0.2) is 0 Å². The molecule has 0 radical (unpaired) electrons. The Morgan fingerprint density at radius 1 is 1.30 bits per heavy atom. The molecule has 1 aliphatic rings. The molecule has 0 fully saturated rings. The molecule has 0 saturated heterocycles. The summed E-state index contributed by atoms with van der Waals surface area (Å²) < 4.78 is 11.5. The minimum Gasteiger partial charge on any atom is -0.496 e. The molecule has 0 bridgehead atoms. The Morgan fingerprint density at radius 2 is 2.00 bits per heavy atom. The Balaban J connectivity index is 0.000000696. The van der Waals surface area contributed by atoms with Crippen LogP contribution in [0.2, 0.25) is 5.02 Å². The van der Waals surface area contributed by atoms with E-state index in [1.54, 1.807) is 7.11 Å². The van der Waals surface area contributed by atoms with Gasteiger partial charge >= 0.3 is 0 Å². The molecule has 1 amide bonds. The molecule has 8 nitrogen and oxygen atoms in total. The summed E-state index contributed by atoms with van der Waals surface area (Å²) >= 11 is 6.53. The van der Waals surface area contributed by atoms with Crippen LogP contribution in [0.25, 0.3) is 0 Å². The van der Waals surface area contributed by atoms with E-state index in [9.17, 15) is 4.79 Å². The molecule has 0 spiro atoms. The molecule has 1 aliphatic heterocycles. The SMILES string of the molecule is CCC1=C(C)N(c2ccc(OCc3c(NC)cccc3OC)c(Cl)c2)NC1C.CN(N)C=O. The quantitative estimate of drug-likeness (QED) is 0.227. The van der Waals surface area contributed by atoms with Crippen LogP contribution >= 0.6 is 11.6 Å². The standard InChI is InChI=1S/C22H28ClN3O2.C2H6N2O/c1-6-17-14(2)25-26(15(17)3)16-10-11-22(19(23)12-16)28-13-18-20(24-4)8-7-9-21(18)27-5;1-4(3)2-5/h7-12,14,24-25H,6,13H2,1-5H3;2H,3H2,1H3. The lowest BCUT2D eigenvalue weighted by Gasteiger charge is -2.22. The van der Waals surface area contributed by atoms with Crippen molar-refractivity contribution in [2.75, 3.05) is 31.5 Å². The molecule has 180 valence electrons. The van der Waals surface area contributed by atoms with Gasteiger partial charge in [-0.1, -0.05) is 24.6 Å². The van der Waals surface area contributed by atoms with Gasteiger partial charge in [-0.3, -0.25) is 14.8 Å². The molecule has 1 heterocycles. The molecular weight excluding hydrogens is 442 g/mol. The summed E-state index contributed by atoms with van der Waals surface area (Å²) in [6.07, 6.45) is 1.55. The highest BCUT2D eigenvalue weighted by Crippen LogP contribution is 2.35. The molecule has 0 saturated carbocycles. The van der Waals surface area contributed by atoms with Crippen LogP contribution in [0.1, 0.15) is 32.8 Å². The molecule has 2 aromatic carbocycles. The molecule has 0 aliphatic carbocycles. The van der Waals surface area contributed by atoms with Crippen LogP contribution in [0.4, 0.5) is 11.4 Å². The van der Waals surface area contributed by atoms with Crippen LogP contribution in [0.15, 0.2) is 47.7 Å². The van der Waals surface area contributed by atoms with Crippen molar-refractivity contribution in [3.63, 3.8) is 0 Å². The Hall–Kier alpha value is -2.94. The van der Waals surface area contributed by atoms with Crippen molar-refractivity contribution in [1.82, 2.24) is 10.4 Å². The van der Waals surface area contributed by atoms with Crippen molar-refractivity contribution < 1.29 is 14.3 Å². The van der Waals surface area contributed by atoms with Gasteiger partial charge in [-0.05, 0) is 56.2 Å². The lowest BCUT2D eigenvalue weighted by molar-refractivity contribution is -0.117. The van der Waals surface area contributed by atoms with Crippen molar-refractivity contribution >= 4 is 29.4 Å². The van der Waals surface area contributed by atoms with E-state index in [0.717, 1.165) is 34.1 Å². The summed E-state index contributed by atoms with van der Waals surface area (Å²) in [7, 11) is 5.00. The Morgan fingerprint density at radius 3 is 2.52 bits per heavy atom. The summed E-state index contributed by atoms with van der Waals surface area (Å²) in [5.41, 5.74) is 9.05. The van der Waals surface area contributed by atoms with Gasteiger partial charge in [0.2, 0.25) is 6.41 Å². The summed E-state index contributed by atoms with van der Waals surface area (Å²) in [5.74, 6) is 6.18. The van der Waals surface area contributed by atoms with Gasteiger partial charge in [0.05, 0.1) is 23.4 Å². The molecule has 2 aromatic rings. The first kappa shape index (κ1) is 26.3. The van der Waals surface area contributed by atoms with E-state index in [-0.39, 0.29) is 0 Å². The second kappa shape index (κ2) is 12.3. The third kappa shape index (κ3) is 6.54. The maximum absolute atomic E-state index is 9.31. The first-order valence-corrected chi connectivity index (χ1v) is 11.1. The number of allylic oxidation sites excluding steroid dienone is 1. The van der Waals surface area contributed by atoms with Crippen LogP contribution in [-0.2, 0) is 11.4 Å². The van der Waals surface area contributed by atoms with Crippen molar-refractivity contribution in [3.8, 4) is 11.5 Å². The average molecular weight is 476 g/mol. The molecule has 33 heavy (non-hydrogen) atoms. The summed E-state index contributed by atoms with van der Waals surface area (Å²) in [5, 5.41) is 6.79. The number of nitrogens with one attached hydrogen (secondary N) is 2. The zero-order valence-corrected chi connectivity index (χ0v) is 20.9. The van der Waals surface area contributed by atoms with Crippen molar-refractivity contribution in [1.29, 1.82) is 0 Å². The highest BCUT2D eigenvalue weighted by molar-refractivity contribution is 6.32. The number of nitrogens with two attached hydrogens (primary N) is 1. The Bertz CT molecular complexity index is 958. The van der Waals surface area contributed by atoms with Crippen molar-refractivity contribution in [2.45, 2.75) is 39.8 Å². The van der Waals surface area contributed by atoms with Gasteiger partial charge in [-0.15, -0.1) is 0 Å². The number of hydrogen-bond acceptors (Lipinski definition) is 7. The lowest BCUT2D eigenvalue weighted by Crippen LogP contribution is -2.35. The summed E-state index contributed by atoms with van der Waals surface area (Å²) in [6, 6.07) is 12.0. The smallest absolute Gasteiger partial charge is 0.223 e. The van der Waals surface area contributed by atoms with E-state index in [2.05, 4.69) is 36.5 Å². The minimum absolute atomic E-state index is 0.324. The minimum atomic E-state index is 0.324. The number of amides is 1. The monoisotopic (exact) mass is 475 g/mol. The molecular formula is C24H34ClN5O3. The van der Waals surface area contributed by atoms with Gasteiger partial charge in [-0.2, -0.15) is 0 Å². The number of carbonyl (C=O) groups is 1. The zero-order valence-electron chi connectivity index (χ0n) is 20.1. The number of hydrazine groups is 2. The predicted molar refractivity (Wildman–Crippen MR) is 134 cm³/mol. The van der Waals surface area contributed by atoms with E-state index in [1.165, 1.54) is 18.3 Å². The Kier molecular flexibility index (Phi) is 9.84. The largest absolute Gasteiger partial charge is 0.496 e. The van der Waals surface area contributed by atoms with Gasteiger partial charge in [-0.25, -0.2) is 11.3 Å². The topological polar surface area (TPSA) is 92.1 Å². The first-order chi connectivity index (χ1) is 15.8. The number of halogens is 1. The maximum atomic E-state index is 9.31. The maximum Gasteiger partial charge on any atom is 0.223 e. The van der Waals surface area contributed by atoms with E-state index in [1.807, 2.05) is 43.4 Å². The van der Waals surface area contributed by atoms with Crippen molar-refractivity contribution in [2.24, 2.45) is 5.84 Å². The Labute approximate surface area is 201 Å². The molecule has 0 aromatic heterocycles. The van der Waals surface area contributed by atoms with E-state index < -0.39 is 0 Å². The number of ether oxygens (including phenoxy) is 2. The van der Waals surface area contributed by atoms with Crippen LogP contribution in [-0.4, -0.2) is 38.7 Å². The first-order valence-electron chi connectivity index (χ1n) is 10.7. The van der Waals surface area contributed by atoms with Crippen LogP contribution in [0, 0.1) is 0 Å². The van der Waals surface area contributed by atoms with Gasteiger partial charge in [0.25, 0.3) is 0 Å². The summed E-state index contributed by atoms with van der Waals surface area (Å²) in [4.78, 5) is 9.31. The normalized spacial score (nSPS) is 15.0. The predicted octanol–water partition coefficient (Wildman–Crippen LogP) is 4.31. The molecule has 9 heteroatoms. The number of methoxy groups -OCH3 is 1. The zero-order chi connectivity index (χ0) is 24.5. The second-order valence-electron chi connectivity index (χ2n) is 7.56. The summed E-state index contributed by atoms with van der Waals surface area (Å²) in [6.45, 7) is 6.85. The fraction of sp³-hybridized carbons (Fsp3) is 0.375. The van der Waals surface area contributed by atoms with E-state index in [4.69, 9.17) is 26.9 Å². The number of rotatable bonds is 8. The molecule has 1 atom stereocenters. The molecule has 3 rings (SSSR count). The molecule has 4 N–H and O–H groups in total. The number of benzene rings is 2. The highest BCUT2D eigenvalue weighted by Gasteiger charge is 2.25. The lowest BCUT2D eigenvalue weighted by atomic mass is 10.1. The number of nitrogens with zero attached hydrogens (tertiary/aromatic N) is 2. The van der Waals surface area contributed by atoms with Crippen molar-refractivity contribution in [3.05, 3.63) is 58.3 Å². The fourth-order valence-corrected chi connectivity index (χ4v) is 3.92. The van der Waals surface area contributed by atoms with Gasteiger partial charge in [0, 0.05) is 31.5 Å². The van der Waals surface area contributed by atoms with Crippen LogP contribution in [0.3, 0.4) is 0 Å². The third-order valence-corrected chi connectivity index (χ3v) is 5.66. The van der Waals surface area contributed by atoms with Gasteiger partial charge in [0.1, 0.15) is 18.1 Å². The average Bonchev–Trinajstić information content (AvgIpc) is 3.11. The number of carbonyl (C=O) groups excluding carboxylic acids is 1. The number of hydrogen-bond donors (Lipinski definition) is 3. The number of anilines is 2. The van der Waals surface area contributed by atoms with Gasteiger partial charge < -0.3 is 14.8 Å². The third-order valence-electron chi connectivity index (χ3n) is 5.36. The fourth-order valence-electron chi connectivity index (χ4n) is 3.69. The second-order valence-corrected chi connectivity index (χ2v) is 7.97. The van der Waals surface area contributed by atoms with E-state index in [0.29, 0.717) is 29.8 Å². The highest BCUT2D eigenvalue weighted by atomic mass is 35.5.